The summed E-state index contributed by atoms with van der Waals surface area (Å²) in [5, 5.41) is 7.57. The Hall–Kier alpha value is 2.48. The van der Waals surface area contributed by atoms with Crippen molar-refractivity contribution in [3.05, 3.63) is 0 Å². The van der Waals surface area contributed by atoms with Gasteiger partial charge in [-0.2, -0.15) is 0 Å². The fraction of sp³-hybridized carbons (Fsp3) is 1.00. The molecule has 5 heavy (non-hydrogen) atoms. The molecule has 0 unspecified atom stereocenters. The van der Waals surface area contributed by atoms with Crippen molar-refractivity contribution in [2.24, 2.45) is 0 Å². The topological polar surface area (TPSA) is 20.2 Å². The second-order valence-electron chi connectivity index (χ2n) is 0.316. The van der Waals surface area contributed by atoms with Crippen LogP contribution in [0, 0.1) is 0 Å². The average Bonchev–Trinajstić information content (AvgIpc) is 0.918. The molecule has 1 N–H and O–H groups in total. The Morgan fingerprint density at radius 2 is 1.60 bits per heavy atom. The number of aliphatic hydroxyl groups excluding tert-OH is 1. The van der Waals surface area contributed by atoms with E-state index in [2.05, 4.69) is 0 Å². The SMILES string of the molecule is CCO.[Ca+2].[Ca+2].[H-].[H-].[H-].[H-]. The molecular formula is C2H10Ca2O. The van der Waals surface area contributed by atoms with E-state index in [-0.39, 0.29) is 87.8 Å². The van der Waals surface area contributed by atoms with E-state index in [0.717, 1.165) is 0 Å². The van der Waals surface area contributed by atoms with E-state index in [0.29, 0.717) is 0 Å². The molecule has 1 nitrogen and oxygen atoms in total. The molecule has 0 aliphatic carbocycles. The Morgan fingerprint density at radius 1 is 1.60 bits per heavy atom. The standard InChI is InChI=1S/C2H6O.2Ca.4H/c1-2-3;;;;;;/h3H,2H2,1H3;;;;;;/q;2*+2;4*-1. The van der Waals surface area contributed by atoms with E-state index in [4.69, 9.17) is 5.11 Å². The first-order chi connectivity index (χ1) is 1.41. The van der Waals surface area contributed by atoms with Gasteiger partial charge < -0.3 is 10.8 Å². The largest absolute Gasteiger partial charge is 2.00 e. The maximum absolute atomic E-state index is 7.57. The Morgan fingerprint density at radius 3 is 1.60 bits per heavy atom. The molecule has 0 atom stereocenters. The number of rotatable bonds is 0. The summed E-state index contributed by atoms with van der Waals surface area (Å²) in [6.45, 7) is 1.93. The first kappa shape index (κ1) is 15.6. The van der Waals surface area contributed by atoms with E-state index < -0.39 is 0 Å². The van der Waals surface area contributed by atoms with Gasteiger partial charge in [-0.15, -0.1) is 0 Å². The molecule has 0 aromatic carbocycles. The summed E-state index contributed by atoms with van der Waals surface area (Å²) in [4.78, 5) is 0. The smallest absolute Gasteiger partial charge is 1.00 e. The molecule has 0 aromatic heterocycles. The zero-order valence-electron chi connectivity index (χ0n) is 7.57. The van der Waals surface area contributed by atoms with Crippen LogP contribution in [0.3, 0.4) is 0 Å². The van der Waals surface area contributed by atoms with Gasteiger partial charge in [0, 0.05) is 6.61 Å². The minimum atomic E-state index is 0. The van der Waals surface area contributed by atoms with Crippen molar-refractivity contribution in [3.63, 3.8) is 0 Å². The van der Waals surface area contributed by atoms with E-state index in [1.54, 1.807) is 6.92 Å². The van der Waals surface area contributed by atoms with Gasteiger partial charge in [-0.25, -0.2) is 0 Å². The number of aliphatic hydroxyl groups is 1. The van der Waals surface area contributed by atoms with Gasteiger partial charge in [0.25, 0.3) is 0 Å². The van der Waals surface area contributed by atoms with Crippen molar-refractivity contribution in [2.45, 2.75) is 6.92 Å². The molecule has 0 heterocycles. The van der Waals surface area contributed by atoms with Crippen LogP contribution in [0.4, 0.5) is 0 Å². The Kier molecular flexibility index (Phi) is 50.3. The van der Waals surface area contributed by atoms with Gasteiger partial charge in [0.15, 0.2) is 0 Å². The van der Waals surface area contributed by atoms with E-state index in [1.165, 1.54) is 0 Å². The quantitative estimate of drug-likeness (QED) is 0.446. The second kappa shape index (κ2) is 16.1. The first-order valence-electron chi connectivity index (χ1n) is 1.02. The van der Waals surface area contributed by atoms with E-state index >= 15 is 0 Å². The average molecular weight is 130 g/mol. The molecule has 0 amide bonds. The summed E-state index contributed by atoms with van der Waals surface area (Å²) in [6, 6.07) is 0. The van der Waals surface area contributed by atoms with Gasteiger partial charge >= 0.3 is 75.5 Å². The van der Waals surface area contributed by atoms with Gasteiger partial charge in [-0.1, -0.05) is 0 Å². The van der Waals surface area contributed by atoms with Crippen LogP contribution in [-0.2, 0) is 0 Å². The third-order valence-electron chi connectivity index (χ3n) is 0. The number of hydrogen-bond acceptors (Lipinski definition) is 1. The minimum Gasteiger partial charge on any atom is -1.00 e. The van der Waals surface area contributed by atoms with Gasteiger partial charge in [0.1, 0.15) is 0 Å². The van der Waals surface area contributed by atoms with Gasteiger partial charge in [0.05, 0.1) is 0 Å². The summed E-state index contributed by atoms with van der Waals surface area (Å²) < 4.78 is 0. The fourth-order valence-electron chi connectivity index (χ4n) is 0. The van der Waals surface area contributed by atoms with Crippen molar-refractivity contribution >= 4 is 75.5 Å². The first-order valence-corrected chi connectivity index (χ1v) is 1.02. The minimum absolute atomic E-state index is 0. The Labute approximate surface area is 98.1 Å². The monoisotopic (exact) mass is 130 g/mol. The zero-order valence-corrected chi connectivity index (χ0v) is 7.99. The summed E-state index contributed by atoms with van der Waals surface area (Å²) >= 11 is 0. The van der Waals surface area contributed by atoms with E-state index in [1.807, 2.05) is 0 Å². The molecular weight excluding hydrogens is 120 g/mol. The zero-order chi connectivity index (χ0) is 2.71. The normalized spacial score (nSPS) is 3.60. The third-order valence-corrected chi connectivity index (χ3v) is 0. The van der Waals surface area contributed by atoms with E-state index in [9.17, 15) is 0 Å². The molecule has 0 aliphatic heterocycles. The molecule has 0 aromatic rings. The maximum Gasteiger partial charge on any atom is 2.00 e. The van der Waals surface area contributed by atoms with Crippen LogP contribution >= 0.6 is 0 Å². The molecule has 0 spiro atoms. The third kappa shape index (κ3) is 21.1. The molecule has 0 bridgehead atoms. The summed E-state index contributed by atoms with van der Waals surface area (Å²) in [5.74, 6) is 0. The molecule has 28 valence electrons. The summed E-state index contributed by atoms with van der Waals surface area (Å²) in [6.07, 6.45) is 0. The van der Waals surface area contributed by atoms with Crippen LogP contribution < -0.4 is 0 Å². The van der Waals surface area contributed by atoms with Gasteiger partial charge in [0.2, 0.25) is 0 Å². The predicted octanol–water partition coefficient (Wildman–Crippen LogP) is -0.313. The van der Waals surface area contributed by atoms with Crippen molar-refractivity contribution in [1.82, 2.24) is 0 Å². The van der Waals surface area contributed by atoms with Crippen molar-refractivity contribution in [2.75, 3.05) is 6.61 Å². The van der Waals surface area contributed by atoms with Crippen LogP contribution in [-0.4, -0.2) is 87.2 Å². The predicted molar refractivity (Wildman–Crippen MR) is 28.7 cm³/mol. The Balaban J connectivity index is -0.00000000133. The molecule has 0 fully saturated rings. The molecule has 0 rings (SSSR count). The van der Waals surface area contributed by atoms with Crippen LogP contribution in [0.15, 0.2) is 0 Å². The Bertz CT molecular complexity index is 16.5. The van der Waals surface area contributed by atoms with Crippen LogP contribution in [0.25, 0.3) is 0 Å². The molecule has 0 saturated heterocycles. The van der Waals surface area contributed by atoms with Crippen molar-refractivity contribution in [1.29, 1.82) is 0 Å². The van der Waals surface area contributed by atoms with Crippen LogP contribution in [0.5, 0.6) is 0 Å². The molecule has 0 aliphatic rings. The van der Waals surface area contributed by atoms with Crippen LogP contribution in [0.2, 0.25) is 0 Å². The molecule has 0 radical (unpaired) electrons. The molecule has 3 heteroatoms. The van der Waals surface area contributed by atoms with Crippen molar-refractivity contribution < 1.29 is 10.8 Å². The summed E-state index contributed by atoms with van der Waals surface area (Å²) in [5.41, 5.74) is 0. The molecule has 0 saturated carbocycles. The maximum atomic E-state index is 7.57. The van der Waals surface area contributed by atoms with Crippen molar-refractivity contribution in [3.8, 4) is 0 Å². The second-order valence-corrected chi connectivity index (χ2v) is 0.316. The van der Waals surface area contributed by atoms with Crippen LogP contribution in [0.1, 0.15) is 12.6 Å². The summed E-state index contributed by atoms with van der Waals surface area (Å²) in [7, 11) is 0. The fourth-order valence-corrected chi connectivity index (χ4v) is 0. The van der Waals surface area contributed by atoms with Gasteiger partial charge in [-0.3, -0.25) is 0 Å². The van der Waals surface area contributed by atoms with Gasteiger partial charge in [-0.05, 0) is 6.92 Å². The number of hydrogen-bond donors (Lipinski definition) is 1.